The van der Waals surface area contributed by atoms with Crippen molar-refractivity contribution in [1.82, 2.24) is 20.1 Å². The average molecular weight is 387 g/mol. The molecule has 3 heterocycles. The summed E-state index contributed by atoms with van der Waals surface area (Å²) in [5.41, 5.74) is -1.13. The first-order valence-electron chi connectivity index (χ1n) is 7.62. The molecule has 1 aliphatic rings. The summed E-state index contributed by atoms with van der Waals surface area (Å²) < 4.78 is 40.6. The second-order valence-electron chi connectivity index (χ2n) is 5.71. The monoisotopic (exact) mass is 387 g/mol. The number of aromatic nitrogens is 3. The number of aliphatic hydroxyl groups is 2. The van der Waals surface area contributed by atoms with Crippen molar-refractivity contribution in [1.29, 1.82) is 0 Å². The molecule has 26 heavy (non-hydrogen) atoms. The first-order chi connectivity index (χ1) is 12.5. The lowest BCUT2D eigenvalue weighted by atomic mass is 9.95. The minimum atomic E-state index is -2.80. The first-order valence-corrected chi connectivity index (χ1v) is 8.50. The molecule has 0 fully saturated rings. The van der Waals surface area contributed by atoms with Gasteiger partial charge in [-0.25, -0.2) is 14.1 Å². The van der Waals surface area contributed by atoms with Crippen molar-refractivity contribution >= 4 is 22.7 Å². The molecule has 0 amide bonds. The van der Waals surface area contributed by atoms with Gasteiger partial charge in [0.1, 0.15) is 0 Å². The van der Waals surface area contributed by atoms with Gasteiger partial charge in [-0.15, -0.1) is 11.3 Å². The van der Waals surface area contributed by atoms with Crippen LogP contribution in [-0.4, -0.2) is 56.2 Å². The number of amidine groups is 1. The van der Waals surface area contributed by atoms with Crippen LogP contribution in [0.3, 0.4) is 0 Å². The Hall–Kier alpha value is -2.24. The molecule has 0 bridgehead atoms. The minimum absolute atomic E-state index is 0.0963. The molecule has 3 rings (SSSR count). The van der Waals surface area contributed by atoms with E-state index in [2.05, 4.69) is 20.4 Å². The summed E-state index contributed by atoms with van der Waals surface area (Å²) in [5.74, 6) is 0.415. The zero-order chi connectivity index (χ0) is 18.7. The second-order valence-corrected chi connectivity index (χ2v) is 6.61. The zero-order valence-electron chi connectivity index (χ0n) is 13.4. The van der Waals surface area contributed by atoms with Crippen molar-refractivity contribution in [3.05, 3.63) is 40.2 Å². The van der Waals surface area contributed by atoms with E-state index in [0.29, 0.717) is 32.4 Å². The van der Waals surface area contributed by atoms with Crippen molar-refractivity contribution in [3.8, 4) is 0 Å². The van der Waals surface area contributed by atoms with Crippen molar-refractivity contribution in [3.63, 3.8) is 0 Å². The third-order valence-electron chi connectivity index (χ3n) is 3.87. The number of allylic oxidation sites excluding steroid dienone is 1. The van der Waals surface area contributed by atoms with Crippen molar-refractivity contribution < 1.29 is 23.4 Å². The predicted molar refractivity (Wildman–Crippen MR) is 89.7 cm³/mol. The Bertz CT molecular complexity index is 815. The number of hydrogen-bond donors (Lipinski definition) is 3. The van der Waals surface area contributed by atoms with Gasteiger partial charge in [0.2, 0.25) is 0 Å². The molecular formula is C15H16F3N5O2S. The maximum atomic E-state index is 14.6. The van der Waals surface area contributed by atoms with Crippen LogP contribution in [0.15, 0.2) is 34.7 Å². The van der Waals surface area contributed by atoms with E-state index in [0.717, 1.165) is 6.20 Å². The number of alkyl halides is 3. The van der Waals surface area contributed by atoms with Gasteiger partial charge in [-0.3, -0.25) is 4.99 Å². The molecule has 140 valence electrons. The van der Waals surface area contributed by atoms with Crippen LogP contribution < -0.4 is 5.32 Å². The average Bonchev–Trinajstić information content (AvgIpc) is 3.33. The fraction of sp³-hybridized carbons (Fsp3) is 0.400. The van der Waals surface area contributed by atoms with Crippen LogP contribution in [0.1, 0.15) is 23.5 Å². The highest BCUT2D eigenvalue weighted by Crippen LogP contribution is 2.29. The number of thiazole rings is 1. The number of aliphatic hydroxyl groups excluding tert-OH is 2. The van der Waals surface area contributed by atoms with Gasteiger partial charge in [-0.1, -0.05) is 0 Å². The van der Waals surface area contributed by atoms with Crippen LogP contribution in [-0.2, 0) is 0 Å². The van der Waals surface area contributed by atoms with Crippen LogP contribution in [0.5, 0.6) is 0 Å². The molecule has 0 unspecified atom stereocenters. The van der Waals surface area contributed by atoms with Gasteiger partial charge in [0.15, 0.2) is 16.5 Å². The summed E-state index contributed by atoms with van der Waals surface area (Å²) in [7, 11) is 0. The molecule has 0 spiro atoms. The maximum Gasteiger partial charge on any atom is 0.333 e. The molecule has 3 N–H and O–H groups in total. The molecule has 0 aliphatic carbocycles. The van der Waals surface area contributed by atoms with Crippen molar-refractivity contribution in [2.45, 2.75) is 18.6 Å². The van der Waals surface area contributed by atoms with Gasteiger partial charge in [0.05, 0.1) is 26.0 Å². The van der Waals surface area contributed by atoms with Crippen molar-refractivity contribution in [2.75, 3.05) is 19.8 Å². The summed E-state index contributed by atoms with van der Waals surface area (Å²) in [6.07, 6.45) is 3.63. The number of halogens is 3. The van der Waals surface area contributed by atoms with Crippen LogP contribution in [0.25, 0.3) is 5.57 Å². The molecule has 0 aromatic carbocycles. The SMILES string of the molecule is OCC(F)(CO)CC1=C(c2cnn(C(F)F)c2)CN=C(c2nccs2)N1. The highest BCUT2D eigenvalue weighted by Gasteiger charge is 2.33. The van der Waals surface area contributed by atoms with Gasteiger partial charge in [0.25, 0.3) is 0 Å². The molecule has 0 radical (unpaired) electrons. The number of hydrogen-bond acceptors (Lipinski definition) is 7. The predicted octanol–water partition coefficient (Wildman–Crippen LogP) is 1.58. The molecule has 0 saturated carbocycles. The van der Waals surface area contributed by atoms with Crippen molar-refractivity contribution in [2.24, 2.45) is 4.99 Å². The molecular weight excluding hydrogens is 371 g/mol. The van der Waals surface area contributed by atoms with Gasteiger partial charge in [-0.2, -0.15) is 13.9 Å². The first kappa shape index (κ1) is 18.5. The van der Waals surface area contributed by atoms with Crippen LogP contribution >= 0.6 is 11.3 Å². The lowest BCUT2D eigenvalue weighted by Gasteiger charge is -2.27. The standard InChI is InChI=1S/C15H16F3N5O2S/c16-14(17)23-6-9(4-21-23)10-5-20-12(13-19-1-2-26-13)22-11(10)3-15(18,7-24)8-25/h1-2,4,6,14,24-25H,3,5,7-8H2,(H,20,22). The normalized spacial score (nSPS) is 15.4. The summed E-state index contributed by atoms with van der Waals surface area (Å²) in [6.45, 7) is -4.47. The molecule has 2 aromatic heterocycles. The highest BCUT2D eigenvalue weighted by atomic mass is 32.1. The van der Waals surface area contributed by atoms with Gasteiger partial charge >= 0.3 is 6.55 Å². The molecule has 0 saturated heterocycles. The summed E-state index contributed by atoms with van der Waals surface area (Å²) >= 11 is 1.33. The summed E-state index contributed by atoms with van der Waals surface area (Å²) in [4.78, 5) is 8.47. The van der Waals surface area contributed by atoms with E-state index >= 15 is 0 Å². The molecule has 2 aromatic rings. The van der Waals surface area contributed by atoms with Crippen LogP contribution in [0.2, 0.25) is 0 Å². The van der Waals surface area contributed by atoms with Crippen LogP contribution in [0.4, 0.5) is 13.2 Å². The minimum Gasteiger partial charge on any atom is -0.393 e. The molecule has 7 nitrogen and oxygen atoms in total. The largest absolute Gasteiger partial charge is 0.393 e. The fourth-order valence-electron chi connectivity index (χ4n) is 2.47. The van der Waals surface area contributed by atoms with E-state index in [1.165, 1.54) is 17.5 Å². The fourth-order valence-corrected chi connectivity index (χ4v) is 3.07. The molecule has 0 atom stereocenters. The topological polar surface area (TPSA) is 95.6 Å². The van der Waals surface area contributed by atoms with E-state index in [-0.39, 0.29) is 13.0 Å². The highest BCUT2D eigenvalue weighted by molar-refractivity contribution is 7.11. The van der Waals surface area contributed by atoms with Gasteiger partial charge < -0.3 is 15.5 Å². The number of rotatable bonds is 7. The Kier molecular flexibility index (Phi) is 5.39. The summed E-state index contributed by atoms with van der Waals surface area (Å²) in [5, 5.41) is 27.4. The van der Waals surface area contributed by atoms with E-state index in [9.17, 15) is 23.4 Å². The second kappa shape index (κ2) is 7.56. The Morgan fingerprint density at radius 2 is 2.12 bits per heavy atom. The molecule has 1 aliphatic heterocycles. The summed E-state index contributed by atoms with van der Waals surface area (Å²) in [6, 6.07) is 0. The molecule has 11 heteroatoms. The Balaban J connectivity index is 1.96. The van der Waals surface area contributed by atoms with Crippen LogP contribution in [0, 0.1) is 0 Å². The third-order valence-corrected chi connectivity index (χ3v) is 4.65. The lowest BCUT2D eigenvalue weighted by molar-refractivity contribution is 0.0160. The quantitative estimate of drug-likeness (QED) is 0.671. The number of aliphatic imine (C=N–C) groups is 1. The Morgan fingerprint density at radius 3 is 2.69 bits per heavy atom. The third kappa shape index (κ3) is 3.79. The maximum absolute atomic E-state index is 14.6. The Morgan fingerprint density at radius 1 is 1.35 bits per heavy atom. The van der Waals surface area contributed by atoms with E-state index < -0.39 is 25.4 Å². The van der Waals surface area contributed by atoms with Gasteiger partial charge in [0, 0.05) is 41.0 Å². The zero-order valence-corrected chi connectivity index (χ0v) is 14.3. The van der Waals surface area contributed by atoms with Gasteiger partial charge in [-0.05, 0) is 0 Å². The number of nitrogens with zero attached hydrogens (tertiary/aromatic N) is 4. The van der Waals surface area contributed by atoms with E-state index in [1.807, 2.05) is 0 Å². The van der Waals surface area contributed by atoms with E-state index in [1.54, 1.807) is 11.6 Å². The smallest absolute Gasteiger partial charge is 0.333 e. The number of nitrogens with one attached hydrogen (secondary N) is 1. The lowest BCUT2D eigenvalue weighted by Crippen LogP contribution is -2.38. The van der Waals surface area contributed by atoms with E-state index in [4.69, 9.17) is 0 Å². The Labute approximate surface area is 150 Å².